The fourth-order valence-electron chi connectivity index (χ4n) is 1.87. The number of anilines is 1. The number of nitrogens with zero attached hydrogens (tertiary/aromatic N) is 1. The van der Waals surface area contributed by atoms with E-state index < -0.39 is 37.0 Å². The lowest BCUT2D eigenvalue weighted by Gasteiger charge is -2.38. The largest absolute Gasteiger partial charge is 0.410 e. The molecule has 1 fully saturated rings. The zero-order chi connectivity index (χ0) is 13.3. The minimum Gasteiger partial charge on any atom is -0.352 e. The van der Waals surface area contributed by atoms with E-state index in [-0.39, 0.29) is 5.69 Å². The van der Waals surface area contributed by atoms with Crippen LogP contribution in [-0.2, 0) is 4.79 Å². The van der Waals surface area contributed by atoms with E-state index in [1.807, 2.05) is 0 Å². The molecule has 0 spiro atoms. The Bertz CT molecular complexity index is 461. The molecule has 1 atom stereocenters. The Balaban J connectivity index is 2.37. The van der Waals surface area contributed by atoms with Crippen molar-refractivity contribution in [2.24, 2.45) is 0 Å². The lowest BCUT2D eigenvalue weighted by molar-refractivity contribution is -0.153. The van der Waals surface area contributed by atoms with Gasteiger partial charge in [0, 0.05) is 6.54 Å². The van der Waals surface area contributed by atoms with E-state index in [4.69, 9.17) is 0 Å². The Labute approximate surface area is 100 Å². The molecule has 0 saturated carbocycles. The van der Waals surface area contributed by atoms with Crippen LogP contribution in [0.5, 0.6) is 0 Å². The second-order valence-corrected chi connectivity index (χ2v) is 3.94. The van der Waals surface area contributed by atoms with Gasteiger partial charge in [-0.1, -0.05) is 12.1 Å². The third kappa shape index (κ3) is 2.39. The Morgan fingerprint density at radius 2 is 1.94 bits per heavy atom. The van der Waals surface area contributed by atoms with E-state index in [1.165, 1.54) is 18.2 Å². The zero-order valence-corrected chi connectivity index (χ0v) is 9.17. The van der Waals surface area contributed by atoms with Gasteiger partial charge in [0.25, 0.3) is 0 Å². The summed E-state index contributed by atoms with van der Waals surface area (Å²) in [6.45, 7) is -1.08. The van der Waals surface area contributed by atoms with Gasteiger partial charge in [-0.25, -0.2) is 4.39 Å². The van der Waals surface area contributed by atoms with Crippen LogP contribution in [0.2, 0.25) is 0 Å². The van der Waals surface area contributed by atoms with Crippen molar-refractivity contribution >= 4 is 11.6 Å². The second kappa shape index (κ2) is 4.47. The molecule has 0 aliphatic carbocycles. The van der Waals surface area contributed by atoms with Crippen LogP contribution in [0.3, 0.4) is 0 Å². The van der Waals surface area contributed by atoms with Crippen LogP contribution in [0.25, 0.3) is 0 Å². The Morgan fingerprint density at radius 3 is 2.56 bits per heavy atom. The van der Waals surface area contributed by atoms with Gasteiger partial charge >= 0.3 is 6.18 Å². The minimum absolute atomic E-state index is 0.213. The van der Waals surface area contributed by atoms with Crippen LogP contribution in [0, 0.1) is 5.82 Å². The molecule has 1 aromatic rings. The predicted molar refractivity (Wildman–Crippen MR) is 56.6 cm³/mol. The Kier molecular flexibility index (Phi) is 3.14. The quantitative estimate of drug-likeness (QED) is 0.781. The van der Waals surface area contributed by atoms with Gasteiger partial charge in [-0.05, 0) is 12.1 Å². The summed E-state index contributed by atoms with van der Waals surface area (Å²) < 4.78 is 52.0. The van der Waals surface area contributed by atoms with Crippen LogP contribution >= 0.6 is 0 Å². The van der Waals surface area contributed by atoms with Crippen molar-refractivity contribution in [3.8, 4) is 0 Å². The first-order valence-corrected chi connectivity index (χ1v) is 5.24. The number of piperazine rings is 1. The van der Waals surface area contributed by atoms with Crippen LogP contribution in [0.15, 0.2) is 24.3 Å². The molecule has 18 heavy (non-hydrogen) atoms. The molecule has 0 radical (unpaired) electrons. The third-order valence-electron chi connectivity index (χ3n) is 2.72. The van der Waals surface area contributed by atoms with Gasteiger partial charge in [0.1, 0.15) is 11.9 Å². The maximum atomic E-state index is 13.5. The summed E-state index contributed by atoms with van der Waals surface area (Å²) in [4.78, 5) is 11.9. The van der Waals surface area contributed by atoms with Gasteiger partial charge in [-0.15, -0.1) is 0 Å². The number of alkyl halides is 3. The van der Waals surface area contributed by atoms with Crippen molar-refractivity contribution < 1.29 is 22.4 Å². The number of carbonyl (C=O) groups excluding carboxylic acids is 1. The average Bonchev–Trinajstić information content (AvgIpc) is 2.27. The lowest BCUT2D eigenvalue weighted by Crippen LogP contribution is -2.60. The zero-order valence-electron chi connectivity index (χ0n) is 9.17. The molecule has 0 aromatic heterocycles. The lowest BCUT2D eigenvalue weighted by atomic mass is 10.1. The maximum absolute atomic E-state index is 13.5. The van der Waals surface area contributed by atoms with Crippen LogP contribution in [0.4, 0.5) is 23.2 Å². The standard InChI is InChI=1S/C11H10F4N2O/c12-7-3-1-2-4-8(7)17-6-10(18)16-5-9(17)11(13,14)15/h1-4,9H,5-6H2,(H,16,18). The fourth-order valence-corrected chi connectivity index (χ4v) is 1.87. The van der Waals surface area contributed by atoms with Gasteiger partial charge in [0.15, 0.2) is 0 Å². The summed E-state index contributed by atoms with van der Waals surface area (Å²) in [5, 5.41) is 2.13. The van der Waals surface area contributed by atoms with E-state index in [9.17, 15) is 22.4 Å². The van der Waals surface area contributed by atoms with Crippen molar-refractivity contribution in [2.45, 2.75) is 12.2 Å². The molecule has 1 N–H and O–H groups in total. The molecule has 3 nitrogen and oxygen atoms in total. The van der Waals surface area contributed by atoms with Crippen LogP contribution < -0.4 is 10.2 Å². The minimum atomic E-state index is -4.53. The number of hydrogen-bond donors (Lipinski definition) is 1. The number of benzene rings is 1. The second-order valence-electron chi connectivity index (χ2n) is 3.94. The maximum Gasteiger partial charge on any atom is 0.410 e. The highest BCUT2D eigenvalue weighted by molar-refractivity contribution is 5.83. The summed E-state index contributed by atoms with van der Waals surface area (Å²) in [5.41, 5.74) is -0.213. The van der Waals surface area contributed by atoms with Crippen molar-refractivity contribution in [2.75, 3.05) is 18.0 Å². The van der Waals surface area contributed by atoms with Gasteiger partial charge in [-0.2, -0.15) is 13.2 Å². The third-order valence-corrected chi connectivity index (χ3v) is 2.72. The first-order chi connectivity index (χ1) is 8.39. The Hall–Kier alpha value is -1.79. The smallest absolute Gasteiger partial charge is 0.352 e. The molecule has 1 amide bonds. The van der Waals surface area contributed by atoms with E-state index in [0.29, 0.717) is 0 Å². The topological polar surface area (TPSA) is 32.3 Å². The molecule has 1 aliphatic rings. The number of halogens is 4. The van der Waals surface area contributed by atoms with E-state index in [2.05, 4.69) is 5.32 Å². The highest BCUT2D eigenvalue weighted by atomic mass is 19.4. The SMILES string of the molecule is O=C1CN(c2ccccc2F)C(C(F)(F)F)CN1. The molecular weight excluding hydrogens is 252 g/mol. The highest BCUT2D eigenvalue weighted by Crippen LogP contribution is 2.31. The number of rotatable bonds is 1. The predicted octanol–water partition coefficient (Wildman–Crippen LogP) is 1.69. The molecule has 1 aromatic carbocycles. The molecule has 1 aliphatic heterocycles. The summed E-state index contributed by atoms with van der Waals surface area (Å²) >= 11 is 0. The van der Waals surface area contributed by atoms with E-state index >= 15 is 0 Å². The number of para-hydroxylation sites is 1. The van der Waals surface area contributed by atoms with Crippen molar-refractivity contribution in [1.29, 1.82) is 0 Å². The Morgan fingerprint density at radius 1 is 1.28 bits per heavy atom. The molecule has 1 saturated heterocycles. The van der Waals surface area contributed by atoms with Crippen LogP contribution in [0.1, 0.15) is 0 Å². The average molecular weight is 262 g/mol. The molecule has 7 heteroatoms. The summed E-state index contributed by atoms with van der Waals surface area (Å²) in [7, 11) is 0. The summed E-state index contributed by atoms with van der Waals surface area (Å²) in [5.74, 6) is -1.33. The van der Waals surface area contributed by atoms with Gasteiger partial charge in [-0.3, -0.25) is 4.79 Å². The molecule has 1 unspecified atom stereocenters. The van der Waals surface area contributed by atoms with Crippen molar-refractivity contribution in [1.82, 2.24) is 5.32 Å². The number of carbonyl (C=O) groups is 1. The molecule has 0 bridgehead atoms. The fraction of sp³-hybridized carbons (Fsp3) is 0.364. The van der Waals surface area contributed by atoms with Gasteiger partial charge in [0.05, 0.1) is 12.2 Å². The number of nitrogens with one attached hydrogen (secondary N) is 1. The highest BCUT2D eigenvalue weighted by Gasteiger charge is 2.46. The summed E-state index contributed by atoms with van der Waals surface area (Å²) in [6.07, 6.45) is -4.53. The normalized spacial score (nSPS) is 20.8. The molecule has 2 rings (SSSR count). The molecule has 98 valence electrons. The van der Waals surface area contributed by atoms with Gasteiger partial charge in [0.2, 0.25) is 5.91 Å². The van der Waals surface area contributed by atoms with Crippen molar-refractivity contribution in [3.05, 3.63) is 30.1 Å². The summed E-state index contributed by atoms with van der Waals surface area (Å²) in [6, 6.07) is 3.19. The van der Waals surface area contributed by atoms with E-state index in [0.717, 1.165) is 11.0 Å². The van der Waals surface area contributed by atoms with E-state index in [1.54, 1.807) is 0 Å². The van der Waals surface area contributed by atoms with Gasteiger partial charge < -0.3 is 10.2 Å². The van der Waals surface area contributed by atoms with Crippen molar-refractivity contribution in [3.63, 3.8) is 0 Å². The number of hydrogen-bond acceptors (Lipinski definition) is 2. The first kappa shape index (κ1) is 12.7. The first-order valence-electron chi connectivity index (χ1n) is 5.24. The molecule has 1 heterocycles. The number of amides is 1. The van der Waals surface area contributed by atoms with Crippen LogP contribution in [-0.4, -0.2) is 31.2 Å². The molecular formula is C11H10F4N2O. The monoisotopic (exact) mass is 262 g/mol.